The molecule has 1 aromatic rings. The Morgan fingerprint density at radius 3 is 2.73 bits per heavy atom. The number of rotatable bonds is 2. The van der Waals surface area contributed by atoms with E-state index in [-0.39, 0.29) is 6.54 Å². The Morgan fingerprint density at radius 2 is 2.20 bits per heavy atom. The second kappa shape index (κ2) is 4.42. The zero-order chi connectivity index (χ0) is 11.4. The Kier molecular flexibility index (Phi) is 3.24. The second-order valence-electron chi connectivity index (χ2n) is 2.67. The van der Waals surface area contributed by atoms with Gasteiger partial charge in [0, 0.05) is 12.1 Å². The molecule has 1 rings (SSSR count). The van der Waals surface area contributed by atoms with Crippen molar-refractivity contribution in [2.24, 2.45) is 0 Å². The van der Waals surface area contributed by atoms with Crippen LogP contribution in [0.5, 0.6) is 5.75 Å². The standard InChI is InChI=1S/C10H7F2NO2/c1-2-3-13-10(15)9-7(12)4-6(11)5-8(9)14/h1,4-5,14H,3H2,(H,13,15). The van der Waals surface area contributed by atoms with E-state index >= 15 is 0 Å². The van der Waals surface area contributed by atoms with Crippen LogP contribution in [0.15, 0.2) is 12.1 Å². The molecule has 0 aliphatic carbocycles. The van der Waals surface area contributed by atoms with Crippen molar-refractivity contribution in [3.63, 3.8) is 0 Å². The highest BCUT2D eigenvalue weighted by Crippen LogP contribution is 2.21. The van der Waals surface area contributed by atoms with Gasteiger partial charge in [0.1, 0.15) is 22.9 Å². The minimum Gasteiger partial charge on any atom is -0.507 e. The molecule has 2 N–H and O–H groups in total. The molecule has 0 radical (unpaired) electrons. The zero-order valence-corrected chi connectivity index (χ0v) is 7.55. The third kappa shape index (κ3) is 2.44. The number of amides is 1. The number of phenols is 1. The maximum absolute atomic E-state index is 13.1. The lowest BCUT2D eigenvalue weighted by Gasteiger charge is -2.05. The van der Waals surface area contributed by atoms with Crippen molar-refractivity contribution in [1.82, 2.24) is 5.32 Å². The van der Waals surface area contributed by atoms with E-state index in [0.717, 1.165) is 0 Å². The largest absolute Gasteiger partial charge is 0.507 e. The van der Waals surface area contributed by atoms with Gasteiger partial charge in [-0.25, -0.2) is 8.78 Å². The van der Waals surface area contributed by atoms with Gasteiger partial charge in [-0.2, -0.15) is 0 Å². The number of carbonyl (C=O) groups excluding carboxylic acids is 1. The predicted molar refractivity (Wildman–Crippen MR) is 49.2 cm³/mol. The van der Waals surface area contributed by atoms with Crippen LogP contribution in [0.3, 0.4) is 0 Å². The first kappa shape index (κ1) is 11.0. The summed E-state index contributed by atoms with van der Waals surface area (Å²) in [5.41, 5.74) is -0.619. The molecule has 0 atom stereocenters. The van der Waals surface area contributed by atoms with Crippen LogP contribution in [0.25, 0.3) is 0 Å². The molecule has 0 saturated carbocycles. The van der Waals surface area contributed by atoms with Gasteiger partial charge in [0.05, 0.1) is 6.54 Å². The van der Waals surface area contributed by atoms with E-state index in [4.69, 9.17) is 11.5 Å². The first-order chi connectivity index (χ1) is 7.06. The quantitative estimate of drug-likeness (QED) is 0.718. The van der Waals surface area contributed by atoms with E-state index in [9.17, 15) is 13.6 Å². The van der Waals surface area contributed by atoms with Crippen molar-refractivity contribution < 1.29 is 18.7 Å². The van der Waals surface area contributed by atoms with Gasteiger partial charge in [-0.15, -0.1) is 6.42 Å². The highest BCUT2D eigenvalue weighted by atomic mass is 19.1. The van der Waals surface area contributed by atoms with Gasteiger partial charge < -0.3 is 10.4 Å². The molecule has 5 heteroatoms. The summed E-state index contributed by atoms with van der Waals surface area (Å²) in [5.74, 6) is -1.64. The fourth-order valence-electron chi connectivity index (χ4n) is 1.00. The fourth-order valence-corrected chi connectivity index (χ4v) is 1.00. The molecule has 0 saturated heterocycles. The lowest BCUT2D eigenvalue weighted by atomic mass is 10.1. The summed E-state index contributed by atoms with van der Waals surface area (Å²) in [4.78, 5) is 11.2. The first-order valence-electron chi connectivity index (χ1n) is 3.96. The summed E-state index contributed by atoms with van der Waals surface area (Å²) >= 11 is 0. The van der Waals surface area contributed by atoms with Crippen molar-refractivity contribution in [1.29, 1.82) is 0 Å². The Morgan fingerprint density at radius 1 is 1.53 bits per heavy atom. The molecule has 0 heterocycles. The number of benzene rings is 1. The SMILES string of the molecule is C#CCNC(=O)c1c(O)cc(F)cc1F. The summed E-state index contributed by atoms with van der Waals surface area (Å²) in [6.45, 7) is -0.102. The smallest absolute Gasteiger partial charge is 0.258 e. The predicted octanol–water partition coefficient (Wildman–Crippen LogP) is 1.03. The number of halogens is 2. The van der Waals surface area contributed by atoms with Crippen LogP contribution in [-0.4, -0.2) is 17.6 Å². The number of hydrogen-bond acceptors (Lipinski definition) is 2. The minimum absolute atomic E-state index is 0.102. The van der Waals surface area contributed by atoms with E-state index in [1.807, 2.05) is 0 Å². The minimum atomic E-state index is -1.14. The van der Waals surface area contributed by atoms with Gasteiger partial charge in [-0.05, 0) is 0 Å². The van der Waals surface area contributed by atoms with E-state index < -0.39 is 28.9 Å². The van der Waals surface area contributed by atoms with Crippen LogP contribution < -0.4 is 5.32 Å². The van der Waals surface area contributed by atoms with Gasteiger partial charge in [0.2, 0.25) is 0 Å². The Balaban J connectivity index is 3.04. The van der Waals surface area contributed by atoms with Crippen molar-refractivity contribution in [2.75, 3.05) is 6.54 Å². The third-order valence-electron chi connectivity index (χ3n) is 1.61. The number of terminal acetylenes is 1. The highest BCUT2D eigenvalue weighted by Gasteiger charge is 2.17. The zero-order valence-electron chi connectivity index (χ0n) is 7.55. The van der Waals surface area contributed by atoms with Gasteiger partial charge in [0.25, 0.3) is 5.91 Å². The van der Waals surface area contributed by atoms with Gasteiger partial charge in [-0.1, -0.05) is 5.92 Å². The van der Waals surface area contributed by atoms with Crippen LogP contribution in [0, 0.1) is 24.0 Å². The number of nitrogens with one attached hydrogen (secondary N) is 1. The molecule has 0 unspecified atom stereocenters. The van der Waals surface area contributed by atoms with Crippen molar-refractivity contribution in [3.05, 3.63) is 29.3 Å². The normalized spacial score (nSPS) is 9.40. The molecule has 0 aromatic heterocycles. The van der Waals surface area contributed by atoms with Crippen LogP contribution in [-0.2, 0) is 0 Å². The monoisotopic (exact) mass is 211 g/mol. The topological polar surface area (TPSA) is 49.3 Å². The first-order valence-corrected chi connectivity index (χ1v) is 3.96. The third-order valence-corrected chi connectivity index (χ3v) is 1.61. The number of aromatic hydroxyl groups is 1. The molecule has 0 fully saturated rings. The summed E-state index contributed by atoms with van der Waals surface area (Å²) in [6, 6.07) is 1.15. The highest BCUT2D eigenvalue weighted by molar-refractivity contribution is 5.97. The maximum atomic E-state index is 13.1. The fraction of sp³-hybridized carbons (Fsp3) is 0.100. The van der Waals surface area contributed by atoms with Gasteiger partial charge >= 0.3 is 0 Å². The summed E-state index contributed by atoms with van der Waals surface area (Å²) in [7, 11) is 0. The van der Waals surface area contributed by atoms with Crippen LogP contribution in [0.2, 0.25) is 0 Å². The lowest BCUT2D eigenvalue weighted by molar-refractivity contribution is 0.0951. The Labute approximate surface area is 84.7 Å². The second-order valence-corrected chi connectivity index (χ2v) is 2.67. The number of hydrogen-bond donors (Lipinski definition) is 2. The molecule has 0 aliphatic rings. The van der Waals surface area contributed by atoms with E-state index in [1.54, 1.807) is 0 Å². The van der Waals surface area contributed by atoms with Crippen molar-refractivity contribution in [2.45, 2.75) is 0 Å². The van der Waals surface area contributed by atoms with E-state index in [1.165, 1.54) is 0 Å². The van der Waals surface area contributed by atoms with E-state index in [2.05, 4.69) is 11.2 Å². The molecule has 0 bridgehead atoms. The van der Waals surface area contributed by atoms with Crippen LogP contribution >= 0.6 is 0 Å². The Bertz CT molecular complexity index is 415. The molecule has 1 amide bonds. The molecule has 15 heavy (non-hydrogen) atoms. The lowest BCUT2D eigenvalue weighted by Crippen LogP contribution is -2.24. The van der Waals surface area contributed by atoms with E-state index in [0.29, 0.717) is 12.1 Å². The maximum Gasteiger partial charge on any atom is 0.258 e. The van der Waals surface area contributed by atoms with Crippen molar-refractivity contribution in [3.8, 4) is 18.1 Å². The number of carbonyl (C=O) groups is 1. The molecular formula is C10H7F2NO2. The van der Waals surface area contributed by atoms with Gasteiger partial charge in [-0.3, -0.25) is 4.79 Å². The Hall–Kier alpha value is -2.09. The van der Waals surface area contributed by atoms with Gasteiger partial charge in [0.15, 0.2) is 0 Å². The molecule has 0 aliphatic heterocycles. The summed E-state index contributed by atoms with van der Waals surface area (Å²) in [5, 5.41) is 11.3. The van der Waals surface area contributed by atoms with Crippen LogP contribution in [0.4, 0.5) is 8.78 Å². The van der Waals surface area contributed by atoms with Crippen LogP contribution in [0.1, 0.15) is 10.4 Å². The average Bonchev–Trinajstić information content (AvgIpc) is 2.12. The molecule has 1 aromatic carbocycles. The molecular weight excluding hydrogens is 204 g/mol. The molecule has 78 valence electrons. The molecule has 0 spiro atoms. The van der Waals surface area contributed by atoms with Crippen molar-refractivity contribution >= 4 is 5.91 Å². The average molecular weight is 211 g/mol. The number of phenolic OH excluding ortho intramolecular Hbond substituents is 1. The summed E-state index contributed by atoms with van der Waals surface area (Å²) in [6.07, 6.45) is 4.87. The summed E-state index contributed by atoms with van der Waals surface area (Å²) < 4.78 is 25.6. The molecule has 3 nitrogen and oxygen atoms in total.